The molecule has 2 aromatic rings. The summed E-state index contributed by atoms with van der Waals surface area (Å²) in [4.78, 5) is 6.02. The number of hydrogen-bond acceptors (Lipinski definition) is 5. The molecule has 110 valence electrons. The van der Waals surface area contributed by atoms with Gasteiger partial charge < -0.3 is 10.6 Å². The van der Waals surface area contributed by atoms with Crippen molar-refractivity contribution >= 4 is 11.8 Å². The molecule has 0 unspecified atom stereocenters. The van der Waals surface area contributed by atoms with Gasteiger partial charge in [0.05, 0.1) is 0 Å². The van der Waals surface area contributed by atoms with Gasteiger partial charge in [-0.1, -0.05) is 30.3 Å². The highest BCUT2D eigenvalue weighted by atomic mass is 19.3. The third-order valence-electron chi connectivity index (χ3n) is 3.53. The van der Waals surface area contributed by atoms with Crippen LogP contribution >= 0.6 is 0 Å². The van der Waals surface area contributed by atoms with Crippen molar-refractivity contribution in [3.63, 3.8) is 0 Å². The molecule has 0 radical (unpaired) electrons. The molecule has 1 fully saturated rings. The minimum atomic E-state index is -2.60. The Hall–Kier alpha value is -2.31. The van der Waals surface area contributed by atoms with Crippen molar-refractivity contribution in [3.8, 4) is 11.3 Å². The first-order chi connectivity index (χ1) is 10.1. The summed E-state index contributed by atoms with van der Waals surface area (Å²) in [5.41, 5.74) is 7.03. The number of alkyl halides is 2. The Balaban J connectivity index is 1.96. The van der Waals surface area contributed by atoms with Gasteiger partial charge in [0.2, 0.25) is 5.95 Å². The van der Waals surface area contributed by atoms with Gasteiger partial charge in [-0.25, -0.2) is 13.8 Å². The van der Waals surface area contributed by atoms with Crippen LogP contribution in [0.1, 0.15) is 12.8 Å². The number of hydrogen-bond donors (Lipinski definition) is 1. The zero-order chi connectivity index (χ0) is 14.9. The van der Waals surface area contributed by atoms with Crippen LogP contribution in [-0.4, -0.2) is 34.2 Å². The van der Waals surface area contributed by atoms with E-state index >= 15 is 0 Å². The summed E-state index contributed by atoms with van der Waals surface area (Å²) in [5, 5.41) is 7.83. The Morgan fingerprint density at radius 3 is 2.38 bits per heavy atom. The number of halogens is 2. The van der Waals surface area contributed by atoms with Crippen LogP contribution in [0.2, 0.25) is 0 Å². The molecule has 21 heavy (non-hydrogen) atoms. The van der Waals surface area contributed by atoms with Crippen molar-refractivity contribution in [1.82, 2.24) is 15.2 Å². The maximum absolute atomic E-state index is 13.3. The zero-order valence-electron chi connectivity index (χ0n) is 11.3. The van der Waals surface area contributed by atoms with Gasteiger partial charge in [0.1, 0.15) is 5.69 Å². The summed E-state index contributed by atoms with van der Waals surface area (Å²) in [6, 6.07) is 9.41. The van der Waals surface area contributed by atoms with Crippen molar-refractivity contribution in [2.45, 2.75) is 18.8 Å². The topological polar surface area (TPSA) is 67.9 Å². The number of piperidine rings is 1. The third-order valence-corrected chi connectivity index (χ3v) is 3.53. The van der Waals surface area contributed by atoms with Crippen molar-refractivity contribution in [1.29, 1.82) is 0 Å². The normalized spacial score (nSPS) is 17.7. The molecule has 1 saturated heterocycles. The predicted octanol–water partition coefficient (Wildman–Crippen LogP) is 2.36. The molecule has 0 atom stereocenters. The molecule has 0 spiro atoms. The summed E-state index contributed by atoms with van der Waals surface area (Å²) >= 11 is 0. The number of nitrogens with zero attached hydrogens (tertiary/aromatic N) is 4. The van der Waals surface area contributed by atoms with E-state index in [0.717, 1.165) is 5.56 Å². The van der Waals surface area contributed by atoms with Crippen LogP contribution in [0.3, 0.4) is 0 Å². The second kappa shape index (κ2) is 5.23. The molecule has 7 heteroatoms. The second-order valence-electron chi connectivity index (χ2n) is 5.05. The maximum atomic E-state index is 13.3. The van der Waals surface area contributed by atoms with E-state index in [4.69, 9.17) is 5.73 Å². The van der Waals surface area contributed by atoms with Gasteiger partial charge in [-0.05, 0) is 0 Å². The largest absolute Gasteiger partial charge is 0.366 e. The average Bonchev–Trinajstić information content (AvgIpc) is 2.48. The maximum Gasteiger partial charge on any atom is 0.251 e. The van der Waals surface area contributed by atoms with Gasteiger partial charge in [0.15, 0.2) is 5.82 Å². The first kappa shape index (κ1) is 13.7. The SMILES string of the molecule is Nc1nnc(N2CCC(F)(F)CC2)c(-c2ccccc2)n1. The van der Waals surface area contributed by atoms with Crippen molar-refractivity contribution in [3.05, 3.63) is 30.3 Å². The highest BCUT2D eigenvalue weighted by Crippen LogP contribution is 2.33. The molecular weight excluding hydrogens is 276 g/mol. The Morgan fingerprint density at radius 2 is 1.71 bits per heavy atom. The average molecular weight is 291 g/mol. The minimum Gasteiger partial charge on any atom is -0.366 e. The fraction of sp³-hybridized carbons (Fsp3) is 0.357. The van der Waals surface area contributed by atoms with Gasteiger partial charge in [0, 0.05) is 31.5 Å². The monoisotopic (exact) mass is 291 g/mol. The summed E-state index contributed by atoms with van der Waals surface area (Å²) in [5.74, 6) is -2.02. The van der Waals surface area contributed by atoms with Crippen LogP contribution in [0.5, 0.6) is 0 Å². The predicted molar refractivity (Wildman–Crippen MR) is 76.1 cm³/mol. The van der Waals surface area contributed by atoms with E-state index in [1.165, 1.54) is 0 Å². The second-order valence-corrected chi connectivity index (χ2v) is 5.05. The summed E-state index contributed by atoms with van der Waals surface area (Å²) in [6.07, 6.45) is -0.374. The van der Waals surface area contributed by atoms with Crippen LogP contribution in [0, 0.1) is 0 Å². The summed E-state index contributed by atoms with van der Waals surface area (Å²) in [7, 11) is 0. The Bertz CT molecular complexity index is 623. The molecule has 0 aliphatic carbocycles. The third kappa shape index (κ3) is 2.91. The van der Waals surface area contributed by atoms with Gasteiger partial charge in [-0.2, -0.15) is 0 Å². The Kier molecular flexibility index (Phi) is 3.40. The Morgan fingerprint density at radius 1 is 1.05 bits per heavy atom. The molecule has 5 nitrogen and oxygen atoms in total. The van der Waals surface area contributed by atoms with E-state index < -0.39 is 5.92 Å². The number of nitrogens with two attached hydrogens (primary N) is 1. The van der Waals surface area contributed by atoms with E-state index in [0.29, 0.717) is 11.5 Å². The van der Waals surface area contributed by atoms with Gasteiger partial charge in [-0.15, -0.1) is 10.2 Å². The van der Waals surface area contributed by atoms with Gasteiger partial charge >= 0.3 is 0 Å². The standard InChI is InChI=1S/C14H15F2N5/c15-14(16)6-8-21(9-7-14)12-11(18-13(17)20-19-12)10-4-2-1-3-5-10/h1-5H,6-9H2,(H2,17,18,20). The van der Waals surface area contributed by atoms with Crippen LogP contribution in [-0.2, 0) is 0 Å². The fourth-order valence-electron chi connectivity index (χ4n) is 2.38. The molecule has 3 rings (SSSR count). The first-order valence-electron chi connectivity index (χ1n) is 6.73. The first-order valence-corrected chi connectivity index (χ1v) is 6.73. The van der Waals surface area contributed by atoms with Crippen LogP contribution < -0.4 is 10.6 Å². The smallest absolute Gasteiger partial charge is 0.251 e. The van der Waals surface area contributed by atoms with E-state index in [2.05, 4.69) is 15.2 Å². The van der Waals surface area contributed by atoms with E-state index in [-0.39, 0.29) is 31.9 Å². The number of rotatable bonds is 2. The molecule has 1 aliphatic rings. The molecular formula is C14H15F2N5. The lowest BCUT2D eigenvalue weighted by Gasteiger charge is -2.32. The van der Waals surface area contributed by atoms with Crippen molar-refractivity contribution in [2.24, 2.45) is 0 Å². The molecule has 0 saturated carbocycles. The lowest BCUT2D eigenvalue weighted by molar-refractivity contribution is -0.0221. The number of nitrogen functional groups attached to an aromatic ring is 1. The van der Waals surface area contributed by atoms with E-state index in [9.17, 15) is 8.78 Å². The number of aromatic nitrogens is 3. The summed E-state index contributed by atoms with van der Waals surface area (Å²) < 4.78 is 26.6. The molecule has 1 aliphatic heterocycles. The summed E-state index contributed by atoms with van der Waals surface area (Å²) in [6.45, 7) is 0.459. The molecule has 1 aromatic carbocycles. The van der Waals surface area contributed by atoms with E-state index in [1.54, 1.807) is 4.90 Å². The molecule has 1 aromatic heterocycles. The van der Waals surface area contributed by atoms with Crippen molar-refractivity contribution < 1.29 is 8.78 Å². The zero-order valence-corrected chi connectivity index (χ0v) is 11.3. The molecule has 2 N–H and O–H groups in total. The fourth-order valence-corrected chi connectivity index (χ4v) is 2.38. The van der Waals surface area contributed by atoms with Crippen LogP contribution in [0.4, 0.5) is 20.5 Å². The van der Waals surface area contributed by atoms with Crippen LogP contribution in [0.15, 0.2) is 30.3 Å². The highest BCUT2D eigenvalue weighted by Gasteiger charge is 2.35. The Labute approximate surface area is 120 Å². The lowest BCUT2D eigenvalue weighted by Crippen LogP contribution is -2.40. The lowest BCUT2D eigenvalue weighted by atomic mass is 10.1. The van der Waals surface area contributed by atoms with Gasteiger partial charge in [-0.3, -0.25) is 0 Å². The molecule has 2 heterocycles. The minimum absolute atomic E-state index is 0.0694. The quantitative estimate of drug-likeness (QED) is 0.920. The van der Waals surface area contributed by atoms with E-state index in [1.807, 2.05) is 30.3 Å². The number of anilines is 2. The molecule has 0 amide bonds. The van der Waals surface area contributed by atoms with Crippen LogP contribution in [0.25, 0.3) is 11.3 Å². The number of benzene rings is 1. The highest BCUT2D eigenvalue weighted by molar-refractivity contribution is 5.72. The van der Waals surface area contributed by atoms with Gasteiger partial charge in [0.25, 0.3) is 5.92 Å². The molecule has 0 bridgehead atoms. The van der Waals surface area contributed by atoms with Crippen molar-refractivity contribution in [2.75, 3.05) is 23.7 Å².